The van der Waals surface area contributed by atoms with E-state index in [9.17, 15) is 19.5 Å². The lowest BCUT2D eigenvalue weighted by Crippen LogP contribution is -2.61. The Morgan fingerprint density at radius 2 is 1.61 bits per heavy atom. The van der Waals surface area contributed by atoms with Gasteiger partial charge in [-0.05, 0) is 77.5 Å². The van der Waals surface area contributed by atoms with Crippen molar-refractivity contribution in [2.75, 3.05) is 0 Å². The number of hydrogen-bond acceptors (Lipinski definition) is 5. The number of nitrogens with one attached hydrogen (secondary N) is 2. The molecule has 214 valence electrons. The first-order valence-electron chi connectivity index (χ1n) is 14.1. The van der Waals surface area contributed by atoms with Crippen LogP contribution in [0.25, 0.3) is 0 Å². The molecular weight excluding hydrogens is 482 g/mol. The van der Waals surface area contributed by atoms with Crippen molar-refractivity contribution in [2.45, 2.75) is 130 Å². The van der Waals surface area contributed by atoms with E-state index in [1.807, 2.05) is 34.6 Å². The first-order chi connectivity index (χ1) is 17.7. The second-order valence-corrected chi connectivity index (χ2v) is 12.2. The predicted molar refractivity (Wildman–Crippen MR) is 150 cm³/mol. The highest BCUT2D eigenvalue weighted by Crippen LogP contribution is 2.34. The van der Waals surface area contributed by atoms with Crippen LogP contribution in [0.1, 0.15) is 112 Å². The molecule has 0 radical (unpaired) electrons. The highest BCUT2D eigenvalue weighted by Gasteiger charge is 2.44. The Hall–Kier alpha value is -2.77. The Kier molecular flexibility index (Phi) is 11.0. The zero-order valence-electron chi connectivity index (χ0n) is 24.6. The molecule has 0 saturated heterocycles. The van der Waals surface area contributed by atoms with Gasteiger partial charge in [0, 0.05) is 11.6 Å². The maximum absolute atomic E-state index is 14.5. The monoisotopic (exact) mass is 531 g/mol. The molecule has 38 heavy (non-hydrogen) atoms. The summed E-state index contributed by atoms with van der Waals surface area (Å²) in [6.07, 6.45) is 5.67. The van der Waals surface area contributed by atoms with Crippen molar-refractivity contribution in [2.24, 2.45) is 5.92 Å². The lowest BCUT2D eigenvalue weighted by molar-refractivity contribution is -0.150. The van der Waals surface area contributed by atoms with Gasteiger partial charge in [-0.2, -0.15) is 0 Å². The highest BCUT2D eigenvalue weighted by atomic mass is 16.6. The van der Waals surface area contributed by atoms with Gasteiger partial charge in [0.05, 0.1) is 0 Å². The number of amides is 3. The van der Waals surface area contributed by atoms with Crippen molar-refractivity contribution in [1.29, 1.82) is 0 Å². The molecule has 3 atom stereocenters. The third kappa shape index (κ3) is 8.63. The molecule has 1 aliphatic carbocycles. The van der Waals surface area contributed by atoms with Crippen LogP contribution in [0.4, 0.5) is 4.79 Å². The fourth-order valence-electron chi connectivity index (χ4n) is 4.81. The van der Waals surface area contributed by atoms with E-state index in [1.165, 1.54) is 12.1 Å². The van der Waals surface area contributed by atoms with Gasteiger partial charge in [0.15, 0.2) is 0 Å². The Labute approximate surface area is 228 Å². The van der Waals surface area contributed by atoms with E-state index < -0.39 is 29.3 Å². The minimum absolute atomic E-state index is 0.0582. The van der Waals surface area contributed by atoms with E-state index in [1.54, 1.807) is 37.8 Å². The van der Waals surface area contributed by atoms with E-state index in [0.29, 0.717) is 18.4 Å². The average molecular weight is 532 g/mol. The van der Waals surface area contributed by atoms with Crippen LogP contribution in [0, 0.1) is 5.92 Å². The number of nitrogens with zero attached hydrogens (tertiary/aromatic N) is 1. The van der Waals surface area contributed by atoms with E-state index in [4.69, 9.17) is 4.74 Å². The van der Waals surface area contributed by atoms with E-state index >= 15 is 0 Å². The van der Waals surface area contributed by atoms with Gasteiger partial charge in [-0.3, -0.25) is 9.59 Å². The van der Waals surface area contributed by atoms with Gasteiger partial charge in [0.25, 0.3) is 0 Å². The Balaban J connectivity index is 2.57. The maximum atomic E-state index is 14.5. The summed E-state index contributed by atoms with van der Waals surface area (Å²) in [6.45, 7) is 15.0. The Bertz CT molecular complexity index is 932. The summed E-state index contributed by atoms with van der Waals surface area (Å²) in [4.78, 5) is 42.9. The van der Waals surface area contributed by atoms with Crippen LogP contribution in [0.15, 0.2) is 24.3 Å². The normalized spacial score (nSPS) is 17.2. The quantitative estimate of drug-likeness (QED) is 0.352. The van der Waals surface area contributed by atoms with Crippen LogP contribution in [0.5, 0.6) is 5.75 Å². The number of carbonyl (C=O) groups is 3. The molecule has 2 rings (SSSR count). The van der Waals surface area contributed by atoms with Crippen LogP contribution in [-0.4, -0.2) is 51.1 Å². The Morgan fingerprint density at radius 3 is 2.11 bits per heavy atom. The van der Waals surface area contributed by atoms with Crippen molar-refractivity contribution >= 4 is 17.9 Å². The van der Waals surface area contributed by atoms with Crippen LogP contribution < -0.4 is 10.6 Å². The molecule has 8 nitrogen and oxygen atoms in total. The molecule has 1 aromatic rings. The van der Waals surface area contributed by atoms with Crippen molar-refractivity contribution in [1.82, 2.24) is 15.5 Å². The molecule has 0 heterocycles. The van der Waals surface area contributed by atoms with Gasteiger partial charge < -0.3 is 25.4 Å². The molecule has 3 amide bonds. The summed E-state index contributed by atoms with van der Waals surface area (Å²) < 4.78 is 5.48. The molecule has 1 fully saturated rings. The fraction of sp³-hybridized carbons (Fsp3) is 0.700. The van der Waals surface area contributed by atoms with Crippen LogP contribution >= 0.6 is 0 Å². The number of phenols is 1. The molecule has 3 unspecified atom stereocenters. The molecule has 0 aromatic heterocycles. The Morgan fingerprint density at radius 1 is 1.03 bits per heavy atom. The van der Waals surface area contributed by atoms with Gasteiger partial charge in [0.2, 0.25) is 11.8 Å². The second-order valence-electron chi connectivity index (χ2n) is 12.2. The zero-order valence-corrected chi connectivity index (χ0v) is 24.6. The van der Waals surface area contributed by atoms with Crippen LogP contribution in [-0.2, 0) is 14.3 Å². The van der Waals surface area contributed by atoms with Gasteiger partial charge in [-0.25, -0.2) is 4.79 Å². The molecule has 1 aromatic carbocycles. The van der Waals surface area contributed by atoms with Gasteiger partial charge >= 0.3 is 6.09 Å². The van der Waals surface area contributed by atoms with E-state index in [0.717, 1.165) is 32.1 Å². The summed E-state index contributed by atoms with van der Waals surface area (Å²) in [5.74, 6) is -0.712. The van der Waals surface area contributed by atoms with Crippen molar-refractivity contribution in [3.05, 3.63) is 29.8 Å². The number of benzene rings is 1. The molecule has 8 heteroatoms. The summed E-state index contributed by atoms with van der Waals surface area (Å²) in [5, 5.41) is 16.0. The maximum Gasteiger partial charge on any atom is 0.408 e. The molecule has 0 aliphatic heterocycles. The SMILES string of the molecule is CCC(C)C(NC(=O)OC(C)(C)C)C(=O)N(C(C(=O)NC1CCCCC1)c1ccc(O)cc1)C(C)(C)CC. The first kappa shape index (κ1) is 31.4. The lowest BCUT2D eigenvalue weighted by Gasteiger charge is -2.45. The molecule has 0 bridgehead atoms. The largest absolute Gasteiger partial charge is 0.508 e. The predicted octanol–water partition coefficient (Wildman–Crippen LogP) is 5.84. The zero-order chi connectivity index (χ0) is 28.7. The van der Waals surface area contributed by atoms with Crippen molar-refractivity contribution < 1.29 is 24.2 Å². The lowest BCUT2D eigenvalue weighted by atomic mass is 9.89. The van der Waals surface area contributed by atoms with E-state index in [2.05, 4.69) is 10.6 Å². The summed E-state index contributed by atoms with van der Waals surface area (Å²) in [7, 11) is 0. The van der Waals surface area contributed by atoms with Crippen molar-refractivity contribution in [3.8, 4) is 5.75 Å². The average Bonchev–Trinajstić information content (AvgIpc) is 2.85. The second kappa shape index (κ2) is 13.3. The number of rotatable bonds is 10. The number of phenolic OH excluding ortho intramolecular Hbond substituents is 1. The van der Waals surface area contributed by atoms with Crippen LogP contribution in [0.2, 0.25) is 0 Å². The van der Waals surface area contributed by atoms with Crippen LogP contribution in [0.3, 0.4) is 0 Å². The third-order valence-electron chi connectivity index (χ3n) is 7.57. The number of hydrogen-bond donors (Lipinski definition) is 3. The highest BCUT2D eigenvalue weighted by molar-refractivity contribution is 5.93. The number of alkyl carbamates (subject to hydrolysis) is 1. The smallest absolute Gasteiger partial charge is 0.408 e. The van der Waals surface area contributed by atoms with Gasteiger partial charge in [-0.1, -0.05) is 58.6 Å². The summed E-state index contributed by atoms with van der Waals surface area (Å²) in [6, 6.07) is 4.67. The van der Waals surface area contributed by atoms with Crippen molar-refractivity contribution in [3.63, 3.8) is 0 Å². The fourth-order valence-corrected chi connectivity index (χ4v) is 4.81. The number of carbonyl (C=O) groups excluding carboxylic acids is 3. The van der Waals surface area contributed by atoms with Gasteiger partial charge in [0.1, 0.15) is 23.4 Å². The molecular formula is C30H49N3O5. The number of aromatic hydroxyl groups is 1. The summed E-state index contributed by atoms with van der Waals surface area (Å²) >= 11 is 0. The molecule has 1 aliphatic rings. The minimum Gasteiger partial charge on any atom is -0.508 e. The number of ether oxygens (including phenoxy) is 1. The summed E-state index contributed by atoms with van der Waals surface area (Å²) in [5.41, 5.74) is -0.833. The van der Waals surface area contributed by atoms with Gasteiger partial charge in [-0.15, -0.1) is 0 Å². The first-order valence-corrected chi connectivity index (χ1v) is 14.1. The van der Waals surface area contributed by atoms with E-state index in [-0.39, 0.29) is 29.5 Å². The topological polar surface area (TPSA) is 108 Å². The third-order valence-corrected chi connectivity index (χ3v) is 7.57. The minimum atomic E-state index is -0.938. The molecule has 0 spiro atoms. The molecule has 1 saturated carbocycles. The standard InChI is InChI=1S/C30H49N3O5/c1-9-20(3)24(32-28(37)38-29(4,5)6)27(36)33(30(7,8)10-2)25(21-16-18-23(34)19-17-21)26(35)31-22-14-12-11-13-15-22/h16-20,22,24-25,34H,9-15H2,1-8H3,(H,31,35)(H,32,37). The molecule has 3 N–H and O–H groups in total.